The first kappa shape index (κ1) is 20.6. The minimum atomic E-state index is -0.706. The van der Waals surface area contributed by atoms with E-state index in [2.05, 4.69) is 16.4 Å². The summed E-state index contributed by atoms with van der Waals surface area (Å²) in [6.07, 6.45) is 6.33. The molecule has 1 spiro atoms. The van der Waals surface area contributed by atoms with Crippen LogP contribution in [0, 0.1) is 11.8 Å². The summed E-state index contributed by atoms with van der Waals surface area (Å²) in [5.74, 6) is 0.212. The van der Waals surface area contributed by atoms with Crippen LogP contribution in [0.2, 0.25) is 0 Å². The number of amides is 2. The van der Waals surface area contributed by atoms with Gasteiger partial charge in [-0.05, 0) is 35.7 Å². The molecule has 2 saturated heterocycles. The summed E-state index contributed by atoms with van der Waals surface area (Å²) in [5, 5.41) is 4.19. The third-order valence-corrected chi connectivity index (χ3v) is 7.71. The van der Waals surface area contributed by atoms with Gasteiger partial charge in [0, 0.05) is 30.2 Å². The van der Waals surface area contributed by atoms with E-state index in [0.717, 1.165) is 17.5 Å². The monoisotopic (exact) mass is 471 g/mol. The number of ether oxygens (including phenoxy) is 3. The number of H-pyrrole nitrogens is 1. The van der Waals surface area contributed by atoms with E-state index in [-0.39, 0.29) is 24.7 Å². The van der Waals surface area contributed by atoms with Crippen LogP contribution in [-0.2, 0) is 27.3 Å². The quantitative estimate of drug-likeness (QED) is 0.539. The zero-order chi connectivity index (χ0) is 23.6. The summed E-state index contributed by atoms with van der Waals surface area (Å²) >= 11 is 0. The standard InChI is InChI=1S/C27H25N3O5/c31-25(29-12-16-5-6-20-22(11-16)34-15-33-20)23-21-7-9-27(35-21)14-30(26(32)24(23)27)10-8-17-13-28-19-4-2-1-3-18(17)19/h1-7,9,11,13,21,23-24,28H,8,10,12,14-15H2,(H,29,31)/t21-,23-,24+,27+/m1/s1. The fourth-order valence-corrected chi connectivity index (χ4v) is 6.02. The van der Waals surface area contributed by atoms with E-state index in [9.17, 15) is 9.59 Å². The summed E-state index contributed by atoms with van der Waals surface area (Å²) < 4.78 is 17.0. The van der Waals surface area contributed by atoms with Gasteiger partial charge in [0.05, 0.1) is 24.5 Å². The molecule has 0 saturated carbocycles. The molecule has 178 valence electrons. The van der Waals surface area contributed by atoms with Gasteiger partial charge >= 0.3 is 0 Å². The first-order chi connectivity index (χ1) is 17.1. The van der Waals surface area contributed by atoms with Crippen molar-refractivity contribution in [3.05, 3.63) is 71.9 Å². The van der Waals surface area contributed by atoms with Crippen molar-refractivity contribution in [1.82, 2.24) is 15.2 Å². The second-order valence-corrected chi connectivity index (χ2v) is 9.67. The maximum Gasteiger partial charge on any atom is 0.231 e. The number of aromatic amines is 1. The number of nitrogens with one attached hydrogen (secondary N) is 2. The fraction of sp³-hybridized carbons (Fsp3) is 0.333. The number of carbonyl (C=O) groups is 2. The van der Waals surface area contributed by atoms with Crippen LogP contribution < -0.4 is 14.8 Å². The Morgan fingerprint density at radius 1 is 1.17 bits per heavy atom. The van der Waals surface area contributed by atoms with Gasteiger partial charge in [0.1, 0.15) is 5.60 Å². The van der Waals surface area contributed by atoms with Gasteiger partial charge in [-0.25, -0.2) is 0 Å². The molecular formula is C27H25N3O5. The predicted octanol–water partition coefficient (Wildman–Crippen LogP) is 2.54. The zero-order valence-corrected chi connectivity index (χ0v) is 19.0. The van der Waals surface area contributed by atoms with Crippen LogP contribution in [-0.4, -0.2) is 53.3 Å². The van der Waals surface area contributed by atoms with Crippen LogP contribution in [0.3, 0.4) is 0 Å². The molecule has 2 bridgehead atoms. The molecule has 2 amide bonds. The lowest BCUT2D eigenvalue weighted by Crippen LogP contribution is -2.44. The Morgan fingerprint density at radius 2 is 2.06 bits per heavy atom. The molecule has 1 aromatic heterocycles. The van der Waals surface area contributed by atoms with Gasteiger partial charge in [-0.15, -0.1) is 0 Å². The van der Waals surface area contributed by atoms with E-state index >= 15 is 0 Å². The van der Waals surface area contributed by atoms with Crippen LogP contribution in [0.25, 0.3) is 10.9 Å². The van der Waals surface area contributed by atoms with E-state index in [1.54, 1.807) is 0 Å². The first-order valence-corrected chi connectivity index (χ1v) is 12.0. The Bertz CT molecular complexity index is 1380. The third-order valence-electron chi connectivity index (χ3n) is 7.71. The van der Waals surface area contributed by atoms with Gasteiger partial charge in [-0.2, -0.15) is 0 Å². The van der Waals surface area contributed by atoms with Crippen LogP contribution in [0.1, 0.15) is 11.1 Å². The van der Waals surface area contributed by atoms with Crippen molar-refractivity contribution in [3.63, 3.8) is 0 Å². The predicted molar refractivity (Wildman–Crippen MR) is 127 cm³/mol. The lowest BCUT2D eigenvalue weighted by molar-refractivity contribution is -0.137. The van der Waals surface area contributed by atoms with Crippen LogP contribution >= 0.6 is 0 Å². The Balaban J connectivity index is 1.05. The molecule has 0 unspecified atom stereocenters. The number of benzene rings is 2. The van der Waals surface area contributed by atoms with Crippen LogP contribution in [0.15, 0.2) is 60.8 Å². The van der Waals surface area contributed by atoms with Gasteiger partial charge < -0.3 is 29.4 Å². The van der Waals surface area contributed by atoms with E-state index in [1.807, 2.05) is 59.6 Å². The maximum absolute atomic E-state index is 13.5. The van der Waals surface area contributed by atoms with Crippen molar-refractivity contribution in [3.8, 4) is 11.5 Å². The van der Waals surface area contributed by atoms with E-state index in [1.165, 1.54) is 10.9 Å². The van der Waals surface area contributed by atoms with Gasteiger partial charge in [-0.1, -0.05) is 36.4 Å². The number of nitrogens with zero attached hydrogens (tertiary/aromatic N) is 1. The molecule has 8 nitrogen and oxygen atoms in total. The van der Waals surface area contributed by atoms with E-state index in [0.29, 0.717) is 31.1 Å². The van der Waals surface area contributed by atoms with Crippen molar-refractivity contribution in [2.45, 2.75) is 24.7 Å². The van der Waals surface area contributed by atoms with Gasteiger partial charge in [0.15, 0.2) is 11.5 Å². The lowest BCUT2D eigenvalue weighted by atomic mass is 9.77. The summed E-state index contributed by atoms with van der Waals surface area (Å²) in [6.45, 7) is 1.63. The van der Waals surface area contributed by atoms with Crippen LogP contribution in [0.4, 0.5) is 0 Å². The van der Waals surface area contributed by atoms with Crippen molar-refractivity contribution in [2.24, 2.45) is 11.8 Å². The molecule has 2 N–H and O–H groups in total. The number of fused-ring (bicyclic) bond motifs is 3. The number of hydrogen-bond donors (Lipinski definition) is 2. The second-order valence-electron chi connectivity index (χ2n) is 9.67. The number of aromatic nitrogens is 1. The Morgan fingerprint density at radius 3 is 3.00 bits per heavy atom. The van der Waals surface area contributed by atoms with Crippen molar-refractivity contribution >= 4 is 22.7 Å². The highest BCUT2D eigenvalue weighted by molar-refractivity contribution is 5.93. The van der Waals surface area contributed by atoms with Crippen molar-refractivity contribution in [2.75, 3.05) is 19.9 Å². The minimum Gasteiger partial charge on any atom is -0.454 e. The molecule has 35 heavy (non-hydrogen) atoms. The number of hydrogen-bond acceptors (Lipinski definition) is 5. The molecule has 4 aliphatic heterocycles. The molecule has 4 aliphatic rings. The van der Waals surface area contributed by atoms with E-state index < -0.39 is 17.4 Å². The molecule has 0 aliphatic carbocycles. The highest BCUT2D eigenvalue weighted by Crippen LogP contribution is 2.52. The number of likely N-dealkylation sites (tertiary alicyclic amines) is 1. The zero-order valence-electron chi connectivity index (χ0n) is 19.0. The number of para-hydroxylation sites is 1. The highest BCUT2D eigenvalue weighted by Gasteiger charge is 2.66. The molecule has 2 fully saturated rings. The summed E-state index contributed by atoms with van der Waals surface area (Å²) in [4.78, 5) is 31.9. The third kappa shape index (κ3) is 3.16. The van der Waals surface area contributed by atoms with Gasteiger partial charge in [-0.3, -0.25) is 9.59 Å². The van der Waals surface area contributed by atoms with Crippen molar-refractivity contribution < 1.29 is 23.8 Å². The smallest absolute Gasteiger partial charge is 0.231 e. The lowest BCUT2D eigenvalue weighted by Gasteiger charge is -2.23. The Kier molecular flexibility index (Phi) is 4.48. The molecular weight excluding hydrogens is 446 g/mol. The molecule has 0 radical (unpaired) electrons. The fourth-order valence-electron chi connectivity index (χ4n) is 6.02. The SMILES string of the molecule is O=C(NCc1ccc2c(c1)OCO2)[C@H]1[C@H]2C(=O)N(CCc3c[nH]c4ccccc34)C[C@@]23C=C[C@H]1O3. The molecule has 4 atom stereocenters. The second kappa shape index (κ2) is 7.61. The van der Waals surface area contributed by atoms with Gasteiger partial charge in [0.2, 0.25) is 18.6 Å². The summed E-state index contributed by atoms with van der Waals surface area (Å²) in [6, 6.07) is 13.8. The topological polar surface area (TPSA) is 92.9 Å². The first-order valence-electron chi connectivity index (χ1n) is 12.0. The average molecular weight is 472 g/mol. The molecule has 3 aromatic rings. The summed E-state index contributed by atoms with van der Waals surface area (Å²) in [5.41, 5.74) is 2.48. The normalized spacial score (nSPS) is 27.7. The highest BCUT2D eigenvalue weighted by atomic mass is 16.7. The largest absolute Gasteiger partial charge is 0.454 e. The minimum absolute atomic E-state index is 0.0000733. The van der Waals surface area contributed by atoms with Crippen molar-refractivity contribution in [1.29, 1.82) is 0 Å². The Labute approximate surface area is 201 Å². The molecule has 7 rings (SSSR count). The number of carbonyl (C=O) groups excluding carboxylic acids is 2. The molecule has 2 aromatic carbocycles. The molecule has 5 heterocycles. The van der Waals surface area contributed by atoms with Crippen LogP contribution in [0.5, 0.6) is 11.5 Å². The Hall–Kier alpha value is -3.78. The van der Waals surface area contributed by atoms with Gasteiger partial charge in [0.25, 0.3) is 0 Å². The average Bonchev–Trinajstić information content (AvgIpc) is 3.68. The molecule has 8 heteroatoms. The maximum atomic E-state index is 13.5. The number of rotatable bonds is 6. The summed E-state index contributed by atoms with van der Waals surface area (Å²) in [7, 11) is 0. The van der Waals surface area contributed by atoms with E-state index in [4.69, 9.17) is 14.2 Å².